The number of aromatic nitrogens is 2. The summed E-state index contributed by atoms with van der Waals surface area (Å²) in [5, 5.41) is 4.45. The quantitative estimate of drug-likeness (QED) is 0.813. The molecule has 0 unspecified atom stereocenters. The molecule has 8 heteroatoms. The van der Waals surface area contributed by atoms with E-state index in [1.807, 2.05) is 36.1 Å². The van der Waals surface area contributed by atoms with Crippen LogP contribution in [-0.4, -0.2) is 54.9 Å². The first-order chi connectivity index (χ1) is 11.3. The van der Waals surface area contributed by atoms with Crippen molar-refractivity contribution in [2.45, 2.75) is 6.92 Å². The maximum atomic E-state index is 12.1. The van der Waals surface area contributed by atoms with Crippen LogP contribution in [0.25, 0.3) is 5.69 Å². The molecule has 2 heterocycles. The highest BCUT2D eigenvalue weighted by molar-refractivity contribution is 7.88. The summed E-state index contributed by atoms with van der Waals surface area (Å²) in [6, 6.07) is 10.8. The summed E-state index contributed by atoms with van der Waals surface area (Å²) in [7, 11) is -3.16. The molecule has 1 aromatic heterocycles. The van der Waals surface area contributed by atoms with Crippen molar-refractivity contribution in [1.82, 2.24) is 14.1 Å². The summed E-state index contributed by atoms with van der Waals surface area (Å²) in [6.45, 7) is 3.92. The second-order valence-electron chi connectivity index (χ2n) is 5.93. The molecule has 1 aromatic carbocycles. The zero-order valence-corrected chi connectivity index (χ0v) is 14.5. The lowest BCUT2D eigenvalue weighted by Crippen LogP contribution is -2.48. The van der Waals surface area contributed by atoms with Gasteiger partial charge in [0, 0.05) is 32.2 Å². The third-order valence-corrected chi connectivity index (χ3v) is 5.40. The van der Waals surface area contributed by atoms with E-state index < -0.39 is 10.0 Å². The van der Waals surface area contributed by atoms with Gasteiger partial charge in [0.1, 0.15) is 5.82 Å². The van der Waals surface area contributed by atoms with Gasteiger partial charge < -0.3 is 4.90 Å². The largest absolute Gasteiger partial charge is 0.353 e. The molecule has 1 saturated heterocycles. The van der Waals surface area contributed by atoms with E-state index in [1.165, 1.54) is 21.3 Å². The SMILES string of the molecule is Cc1ccc(-n2nc(N3CCN(S(C)(=O)=O)CC3)ccc2=O)cc1. The minimum absolute atomic E-state index is 0.197. The summed E-state index contributed by atoms with van der Waals surface area (Å²) >= 11 is 0. The van der Waals surface area contributed by atoms with Crippen LogP contribution in [0.4, 0.5) is 5.82 Å². The van der Waals surface area contributed by atoms with Gasteiger partial charge in [0.25, 0.3) is 5.56 Å². The molecule has 0 amide bonds. The molecular weight excluding hydrogens is 328 g/mol. The summed E-state index contributed by atoms with van der Waals surface area (Å²) in [5.41, 5.74) is 1.62. The van der Waals surface area contributed by atoms with Gasteiger partial charge in [-0.2, -0.15) is 8.99 Å². The van der Waals surface area contributed by atoms with Crippen molar-refractivity contribution in [3.8, 4) is 5.69 Å². The fraction of sp³-hybridized carbons (Fsp3) is 0.375. The van der Waals surface area contributed by atoms with Crippen molar-refractivity contribution in [2.75, 3.05) is 37.3 Å². The molecule has 3 rings (SSSR count). The number of benzene rings is 1. The highest BCUT2D eigenvalue weighted by Gasteiger charge is 2.24. The van der Waals surface area contributed by atoms with Gasteiger partial charge in [0.05, 0.1) is 11.9 Å². The molecule has 1 aliphatic heterocycles. The van der Waals surface area contributed by atoms with Gasteiger partial charge >= 0.3 is 0 Å². The van der Waals surface area contributed by atoms with Gasteiger partial charge in [-0.25, -0.2) is 8.42 Å². The van der Waals surface area contributed by atoms with E-state index in [1.54, 1.807) is 6.07 Å². The first-order valence-corrected chi connectivity index (χ1v) is 9.57. The minimum atomic E-state index is -3.16. The standard InChI is InChI=1S/C16H20N4O3S/c1-13-3-5-14(6-4-13)20-16(21)8-7-15(17-20)18-9-11-19(12-10-18)24(2,22)23/h3-8H,9-12H2,1-2H3. The summed E-state index contributed by atoms with van der Waals surface area (Å²) in [5.74, 6) is 0.670. The number of piperazine rings is 1. The lowest BCUT2D eigenvalue weighted by atomic mass is 10.2. The van der Waals surface area contributed by atoms with E-state index in [4.69, 9.17) is 0 Å². The Morgan fingerprint density at radius 2 is 1.58 bits per heavy atom. The van der Waals surface area contributed by atoms with Crippen molar-refractivity contribution in [3.63, 3.8) is 0 Å². The van der Waals surface area contributed by atoms with E-state index in [2.05, 4.69) is 5.10 Å². The van der Waals surface area contributed by atoms with Crippen LogP contribution >= 0.6 is 0 Å². The van der Waals surface area contributed by atoms with E-state index >= 15 is 0 Å². The van der Waals surface area contributed by atoms with Gasteiger partial charge in [0.15, 0.2) is 0 Å². The molecule has 0 atom stereocenters. The zero-order chi connectivity index (χ0) is 17.3. The monoisotopic (exact) mass is 348 g/mol. The second-order valence-corrected chi connectivity index (χ2v) is 7.91. The smallest absolute Gasteiger partial charge is 0.271 e. The average Bonchev–Trinajstić information content (AvgIpc) is 2.56. The molecule has 24 heavy (non-hydrogen) atoms. The molecule has 7 nitrogen and oxygen atoms in total. The number of aryl methyl sites for hydroxylation is 1. The number of rotatable bonds is 3. The van der Waals surface area contributed by atoms with Crippen LogP contribution < -0.4 is 10.5 Å². The Kier molecular flexibility index (Phi) is 4.42. The molecular formula is C16H20N4O3S. The predicted octanol–water partition coefficient (Wildman–Crippen LogP) is 0.623. The molecule has 0 saturated carbocycles. The Morgan fingerprint density at radius 1 is 0.958 bits per heavy atom. The fourth-order valence-electron chi connectivity index (χ4n) is 2.69. The molecule has 128 valence electrons. The lowest BCUT2D eigenvalue weighted by Gasteiger charge is -2.33. The highest BCUT2D eigenvalue weighted by Crippen LogP contribution is 2.15. The van der Waals surface area contributed by atoms with E-state index in [9.17, 15) is 13.2 Å². The maximum Gasteiger partial charge on any atom is 0.271 e. The Hall–Kier alpha value is -2.19. The van der Waals surface area contributed by atoms with Crippen LogP contribution in [0.1, 0.15) is 5.56 Å². The number of sulfonamides is 1. The Morgan fingerprint density at radius 3 is 2.17 bits per heavy atom. The third kappa shape index (κ3) is 3.49. The first-order valence-electron chi connectivity index (χ1n) is 7.72. The van der Waals surface area contributed by atoms with Crippen LogP contribution in [0, 0.1) is 6.92 Å². The van der Waals surface area contributed by atoms with E-state index in [-0.39, 0.29) is 5.56 Å². The van der Waals surface area contributed by atoms with Gasteiger partial charge in [-0.3, -0.25) is 4.79 Å². The first kappa shape index (κ1) is 16.7. The van der Waals surface area contributed by atoms with Crippen molar-refractivity contribution >= 4 is 15.8 Å². The van der Waals surface area contributed by atoms with Gasteiger partial charge in [-0.1, -0.05) is 17.7 Å². The summed E-state index contributed by atoms with van der Waals surface area (Å²) in [6.07, 6.45) is 1.22. The minimum Gasteiger partial charge on any atom is -0.353 e. The summed E-state index contributed by atoms with van der Waals surface area (Å²) in [4.78, 5) is 14.1. The fourth-order valence-corrected chi connectivity index (χ4v) is 3.52. The molecule has 0 N–H and O–H groups in total. The highest BCUT2D eigenvalue weighted by atomic mass is 32.2. The molecule has 0 aliphatic carbocycles. The number of hydrogen-bond donors (Lipinski definition) is 0. The van der Waals surface area contributed by atoms with E-state index in [0.29, 0.717) is 37.7 Å². The normalized spacial score (nSPS) is 16.3. The van der Waals surface area contributed by atoms with Crippen LogP contribution in [0.3, 0.4) is 0 Å². The molecule has 2 aromatic rings. The number of anilines is 1. The zero-order valence-electron chi connectivity index (χ0n) is 13.7. The van der Waals surface area contributed by atoms with Crippen molar-refractivity contribution in [1.29, 1.82) is 0 Å². The van der Waals surface area contributed by atoms with Gasteiger partial charge in [0.2, 0.25) is 10.0 Å². The van der Waals surface area contributed by atoms with E-state index in [0.717, 1.165) is 5.56 Å². The lowest BCUT2D eigenvalue weighted by molar-refractivity contribution is 0.386. The number of hydrogen-bond acceptors (Lipinski definition) is 5. The van der Waals surface area contributed by atoms with Crippen LogP contribution in [0.2, 0.25) is 0 Å². The van der Waals surface area contributed by atoms with Crippen LogP contribution in [-0.2, 0) is 10.0 Å². The Balaban J connectivity index is 1.85. The Bertz CT molecular complexity index is 882. The predicted molar refractivity (Wildman–Crippen MR) is 93.2 cm³/mol. The van der Waals surface area contributed by atoms with Crippen LogP contribution in [0.15, 0.2) is 41.2 Å². The van der Waals surface area contributed by atoms with Crippen molar-refractivity contribution < 1.29 is 8.42 Å². The van der Waals surface area contributed by atoms with Gasteiger partial charge in [-0.15, -0.1) is 5.10 Å². The molecule has 0 bridgehead atoms. The number of nitrogens with zero attached hydrogens (tertiary/aromatic N) is 4. The van der Waals surface area contributed by atoms with Gasteiger partial charge in [-0.05, 0) is 25.1 Å². The van der Waals surface area contributed by atoms with Crippen LogP contribution in [0.5, 0.6) is 0 Å². The summed E-state index contributed by atoms with van der Waals surface area (Å²) < 4.78 is 26.0. The molecule has 0 spiro atoms. The maximum absolute atomic E-state index is 12.1. The Labute approximate surface area is 141 Å². The topological polar surface area (TPSA) is 75.5 Å². The average molecular weight is 348 g/mol. The third-order valence-electron chi connectivity index (χ3n) is 4.10. The van der Waals surface area contributed by atoms with Crippen molar-refractivity contribution in [3.05, 3.63) is 52.3 Å². The van der Waals surface area contributed by atoms with Crippen molar-refractivity contribution in [2.24, 2.45) is 0 Å². The molecule has 0 radical (unpaired) electrons. The second kappa shape index (κ2) is 6.37. The molecule has 1 fully saturated rings. The molecule has 1 aliphatic rings.